The second-order valence-electron chi connectivity index (χ2n) is 6.13. The summed E-state index contributed by atoms with van der Waals surface area (Å²) in [5.41, 5.74) is 1.32. The van der Waals surface area contributed by atoms with Crippen molar-refractivity contribution in [2.45, 2.75) is 0 Å². The maximum absolute atomic E-state index is 12.3. The number of hydrogen-bond acceptors (Lipinski definition) is 5. The third-order valence-corrected chi connectivity index (χ3v) is 4.78. The van der Waals surface area contributed by atoms with Gasteiger partial charge in [0.25, 0.3) is 5.91 Å². The fourth-order valence-corrected chi connectivity index (χ4v) is 3.21. The van der Waals surface area contributed by atoms with Crippen LogP contribution >= 0.6 is 11.6 Å². The fraction of sp³-hybridized carbons (Fsp3) is 0.300. The Kier molecular flexibility index (Phi) is 6.19. The Labute approximate surface area is 163 Å². The standard InChI is InChI=1S/C20H21ClN2O4/c1-26-16-6-4-5-15(13-16)20(25)27-14-19(24)23-11-9-22(10-12-23)18-8-3-2-7-17(18)21/h2-8,13H,9-12,14H2,1H3. The van der Waals surface area contributed by atoms with Crippen molar-refractivity contribution >= 4 is 29.2 Å². The van der Waals surface area contributed by atoms with Gasteiger partial charge in [-0.05, 0) is 30.3 Å². The van der Waals surface area contributed by atoms with E-state index in [1.165, 1.54) is 7.11 Å². The van der Waals surface area contributed by atoms with Gasteiger partial charge in [-0.2, -0.15) is 0 Å². The van der Waals surface area contributed by atoms with Gasteiger partial charge in [-0.3, -0.25) is 4.79 Å². The lowest BCUT2D eigenvalue weighted by molar-refractivity contribution is -0.134. The van der Waals surface area contributed by atoms with Crippen molar-refractivity contribution < 1.29 is 19.1 Å². The molecule has 0 aromatic heterocycles. The van der Waals surface area contributed by atoms with Gasteiger partial charge < -0.3 is 19.3 Å². The van der Waals surface area contributed by atoms with Crippen molar-refractivity contribution in [3.8, 4) is 5.75 Å². The van der Waals surface area contributed by atoms with Crippen LogP contribution in [0.3, 0.4) is 0 Å². The molecule has 0 aliphatic carbocycles. The van der Waals surface area contributed by atoms with Crippen molar-refractivity contribution in [1.29, 1.82) is 0 Å². The van der Waals surface area contributed by atoms with E-state index in [1.54, 1.807) is 29.2 Å². The average Bonchev–Trinajstić information content (AvgIpc) is 2.72. The second kappa shape index (κ2) is 8.77. The molecule has 1 fully saturated rings. The van der Waals surface area contributed by atoms with Crippen molar-refractivity contribution in [1.82, 2.24) is 4.90 Å². The van der Waals surface area contributed by atoms with Crippen molar-refractivity contribution in [3.05, 3.63) is 59.1 Å². The molecule has 0 spiro atoms. The zero-order valence-corrected chi connectivity index (χ0v) is 15.8. The zero-order valence-electron chi connectivity index (χ0n) is 15.1. The first-order chi connectivity index (χ1) is 13.1. The predicted octanol–water partition coefficient (Wildman–Crippen LogP) is 2.85. The molecular weight excluding hydrogens is 368 g/mol. The average molecular weight is 389 g/mol. The largest absolute Gasteiger partial charge is 0.497 e. The number of para-hydroxylation sites is 1. The van der Waals surface area contributed by atoms with Crippen molar-refractivity contribution in [2.75, 3.05) is 44.8 Å². The maximum atomic E-state index is 12.3. The third-order valence-electron chi connectivity index (χ3n) is 4.46. The number of nitrogens with zero attached hydrogens (tertiary/aromatic N) is 2. The summed E-state index contributed by atoms with van der Waals surface area (Å²) in [6.07, 6.45) is 0. The Hall–Kier alpha value is -2.73. The molecule has 2 aromatic rings. The summed E-state index contributed by atoms with van der Waals surface area (Å²) in [4.78, 5) is 28.3. The number of ether oxygens (including phenoxy) is 2. The first kappa shape index (κ1) is 19.0. The van der Waals surface area contributed by atoms with E-state index < -0.39 is 5.97 Å². The molecule has 142 valence electrons. The summed E-state index contributed by atoms with van der Waals surface area (Å²) in [6, 6.07) is 14.3. The normalized spacial score (nSPS) is 14.0. The fourth-order valence-electron chi connectivity index (χ4n) is 2.96. The highest BCUT2D eigenvalue weighted by Crippen LogP contribution is 2.26. The maximum Gasteiger partial charge on any atom is 0.338 e. The molecule has 0 atom stereocenters. The molecule has 0 unspecified atom stereocenters. The van der Waals surface area contributed by atoms with E-state index in [1.807, 2.05) is 24.3 Å². The van der Waals surface area contributed by atoms with E-state index in [2.05, 4.69) is 4.90 Å². The summed E-state index contributed by atoms with van der Waals surface area (Å²) in [5.74, 6) is -0.187. The number of rotatable bonds is 5. The Balaban J connectivity index is 1.49. The van der Waals surface area contributed by atoms with E-state index in [0.717, 1.165) is 5.69 Å². The van der Waals surface area contributed by atoms with Crippen LogP contribution in [0.25, 0.3) is 0 Å². The number of methoxy groups -OCH3 is 1. The van der Waals surface area contributed by atoms with E-state index in [9.17, 15) is 9.59 Å². The number of hydrogen-bond donors (Lipinski definition) is 0. The summed E-state index contributed by atoms with van der Waals surface area (Å²) < 4.78 is 10.2. The van der Waals surface area contributed by atoms with Gasteiger partial charge in [0.05, 0.1) is 23.4 Å². The summed E-state index contributed by atoms with van der Waals surface area (Å²) >= 11 is 6.23. The Bertz CT molecular complexity index is 819. The van der Waals surface area contributed by atoms with Crippen LogP contribution in [-0.2, 0) is 9.53 Å². The van der Waals surface area contributed by atoms with Gasteiger partial charge in [0.15, 0.2) is 6.61 Å². The number of benzene rings is 2. The molecule has 0 bridgehead atoms. The summed E-state index contributed by atoms with van der Waals surface area (Å²) in [6.45, 7) is 2.20. The Morgan fingerprint density at radius 1 is 1.04 bits per heavy atom. The molecule has 1 saturated heterocycles. The molecule has 0 saturated carbocycles. The van der Waals surface area contributed by atoms with Crippen LogP contribution in [0.5, 0.6) is 5.75 Å². The number of carbonyl (C=O) groups is 2. The first-order valence-corrected chi connectivity index (χ1v) is 9.04. The number of halogens is 1. The smallest absolute Gasteiger partial charge is 0.338 e. The molecule has 0 N–H and O–H groups in total. The molecule has 3 rings (SSSR count). The van der Waals surface area contributed by atoms with Crippen LogP contribution < -0.4 is 9.64 Å². The summed E-state index contributed by atoms with van der Waals surface area (Å²) in [5, 5.41) is 0.699. The minimum absolute atomic E-state index is 0.204. The van der Waals surface area contributed by atoms with Gasteiger partial charge in [0, 0.05) is 26.2 Å². The van der Waals surface area contributed by atoms with Gasteiger partial charge in [0.1, 0.15) is 5.75 Å². The topological polar surface area (TPSA) is 59.1 Å². The Morgan fingerprint density at radius 2 is 1.78 bits per heavy atom. The number of piperazine rings is 1. The molecule has 7 heteroatoms. The van der Waals surface area contributed by atoms with Gasteiger partial charge in [-0.1, -0.05) is 29.8 Å². The van der Waals surface area contributed by atoms with Gasteiger partial charge in [-0.15, -0.1) is 0 Å². The lowest BCUT2D eigenvalue weighted by atomic mass is 10.2. The molecule has 6 nitrogen and oxygen atoms in total. The molecule has 1 heterocycles. The van der Waals surface area contributed by atoms with Crippen molar-refractivity contribution in [2.24, 2.45) is 0 Å². The molecule has 0 radical (unpaired) electrons. The van der Waals surface area contributed by atoms with Gasteiger partial charge in [-0.25, -0.2) is 4.79 Å². The highest BCUT2D eigenvalue weighted by atomic mass is 35.5. The quantitative estimate of drug-likeness (QED) is 0.737. The first-order valence-electron chi connectivity index (χ1n) is 8.67. The third kappa shape index (κ3) is 4.71. The molecule has 1 aliphatic heterocycles. The van der Waals surface area contributed by atoms with Crippen LogP contribution in [0, 0.1) is 0 Å². The minimum atomic E-state index is -0.544. The van der Waals surface area contributed by atoms with Gasteiger partial charge >= 0.3 is 5.97 Å². The molecule has 27 heavy (non-hydrogen) atoms. The zero-order chi connectivity index (χ0) is 19.2. The lowest BCUT2D eigenvalue weighted by Crippen LogP contribution is -2.50. The number of esters is 1. The minimum Gasteiger partial charge on any atom is -0.497 e. The molecular formula is C20H21ClN2O4. The Morgan fingerprint density at radius 3 is 2.48 bits per heavy atom. The monoisotopic (exact) mass is 388 g/mol. The molecule has 1 amide bonds. The summed E-state index contributed by atoms with van der Waals surface area (Å²) in [7, 11) is 1.52. The van der Waals surface area contributed by atoms with Gasteiger partial charge in [0.2, 0.25) is 0 Å². The highest BCUT2D eigenvalue weighted by Gasteiger charge is 2.23. The predicted molar refractivity (Wildman–Crippen MR) is 104 cm³/mol. The molecule has 1 aliphatic rings. The van der Waals surface area contributed by atoms with Crippen LogP contribution in [0.4, 0.5) is 5.69 Å². The van der Waals surface area contributed by atoms with E-state index in [4.69, 9.17) is 21.1 Å². The van der Waals surface area contributed by atoms with Crippen LogP contribution in [0.15, 0.2) is 48.5 Å². The van der Waals surface area contributed by atoms with Crippen molar-refractivity contribution in [3.63, 3.8) is 0 Å². The number of carbonyl (C=O) groups excluding carboxylic acids is 2. The van der Waals surface area contributed by atoms with E-state index in [0.29, 0.717) is 42.5 Å². The second-order valence-corrected chi connectivity index (χ2v) is 6.53. The molecule has 2 aromatic carbocycles. The SMILES string of the molecule is COc1cccc(C(=O)OCC(=O)N2CCN(c3ccccc3Cl)CC2)c1. The highest BCUT2D eigenvalue weighted by molar-refractivity contribution is 6.33. The number of amides is 1. The van der Waals surface area contributed by atoms with E-state index in [-0.39, 0.29) is 12.5 Å². The van der Waals surface area contributed by atoms with Crippen LogP contribution in [0.2, 0.25) is 5.02 Å². The van der Waals surface area contributed by atoms with Crippen LogP contribution in [0.1, 0.15) is 10.4 Å². The van der Waals surface area contributed by atoms with Crippen LogP contribution in [-0.4, -0.2) is 56.7 Å². The lowest BCUT2D eigenvalue weighted by Gasteiger charge is -2.36. The van der Waals surface area contributed by atoms with E-state index >= 15 is 0 Å². The number of anilines is 1.